The van der Waals surface area contributed by atoms with Gasteiger partial charge in [-0.05, 0) is 78.0 Å². The Balaban J connectivity index is 1.16. The molecule has 11 rings (SSSR count). The van der Waals surface area contributed by atoms with Crippen molar-refractivity contribution in [2.75, 3.05) is 0 Å². The number of para-hydroxylation sites is 2. The molecular weight excluding hydrogens is 605 g/mol. The van der Waals surface area contributed by atoms with E-state index < -0.39 is 0 Å². The number of fused-ring (bicyclic) bond motifs is 6. The normalized spacial score (nSPS) is 12.0. The lowest BCUT2D eigenvalue weighted by Crippen LogP contribution is -1.94. The van der Waals surface area contributed by atoms with E-state index in [1.165, 1.54) is 65.2 Å². The fourth-order valence-corrected chi connectivity index (χ4v) is 8.37. The summed E-state index contributed by atoms with van der Waals surface area (Å²) in [7, 11) is 0. The van der Waals surface area contributed by atoms with Gasteiger partial charge in [0.1, 0.15) is 0 Å². The highest BCUT2D eigenvalue weighted by atomic mass is 14.7. The van der Waals surface area contributed by atoms with Crippen molar-refractivity contribution in [2.24, 2.45) is 0 Å². The summed E-state index contributed by atoms with van der Waals surface area (Å²) >= 11 is 0. The van der Waals surface area contributed by atoms with Crippen LogP contribution in [-0.2, 0) is 0 Å². The topological polar surface area (TPSA) is 25.8 Å². The Labute approximate surface area is 288 Å². The molecule has 0 spiro atoms. The van der Waals surface area contributed by atoms with Crippen molar-refractivity contribution >= 4 is 75.7 Å². The van der Waals surface area contributed by atoms with Crippen LogP contribution in [0.5, 0.6) is 0 Å². The minimum absolute atomic E-state index is 0.987. The fraction of sp³-hybridized carbons (Fsp3) is 0. The van der Waals surface area contributed by atoms with Gasteiger partial charge in [-0.1, -0.05) is 146 Å². The predicted octanol–water partition coefficient (Wildman–Crippen LogP) is 13.0. The second-order valence-corrected chi connectivity index (χ2v) is 13.3. The zero-order valence-corrected chi connectivity index (χ0v) is 27.1. The van der Waals surface area contributed by atoms with Gasteiger partial charge in [0.15, 0.2) is 0 Å². The predicted molar refractivity (Wildman–Crippen MR) is 212 cm³/mol. The average molecular weight is 633 g/mol. The van der Waals surface area contributed by atoms with Crippen molar-refractivity contribution in [2.45, 2.75) is 0 Å². The third-order valence-corrected chi connectivity index (χ3v) is 10.6. The molecule has 0 bridgehead atoms. The van der Waals surface area contributed by atoms with Crippen LogP contribution < -0.4 is 0 Å². The number of pyridine rings is 2. The van der Waals surface area contributed by atoms with Gasteiger partial charge in [-0.15, -0.1) is 0 Å². The van der Waals surface area contributed by atoms with Crippen molar-refractivity contribution in [3.05, 3.63) is 170 Å². The van der Waals surface area contributed by atoms with E-state index in [1.807, 2.05) is 12.3 Å². The molecule has 0 aliphatic rings. The highest BCUT2D eigenvalue weighted by Gasteiger charge is 2.18. The molecule has 11 aromatic rings. The monoisotopic (exact) mass is 632 g/mol. The second kappa shape index (κ2) is 10.4. The second-order valence-electron chi connectivity index (χ2n) is 13.3. The molecule has 2 aromatic heterocycles. The summed E-state index contributed by atoms with van der Waals surface area (Å²) in [5, 5.41) is 14.9. The Kier molecular flexibility index (Phi) is 5.70. The summed E-state index contributed by atoms with van der Waals surface area (Å²) in [6.07, 6.45) is 1.89. The van der Waals surface area contributed by atoms with Crippen LogP contribution in [0.4, 0.5) is 0 Å². The number of hydrogen-bond donors (Lipinski definition) is 0. The Bertz CT molecular complexity index is 3120. The van der Waals surface area contributed by atoms with Gasteiger partial charge >= 0.3 is 0 Å². The molecule has 0 saturated carbocycles. The quantitative estimate of drug-likeness (QED) is 0.181. The van der Waals surface area contributed by atoms with Crippen molar-refractivity contribution in [3.63, 3.8) is 0 Å². The van der Waals surface area contributed by atoms with E-state index in [1.54, 1.807) is 0 Å². The molecule has 50 heavy (non-hydrogen) atoms. The van der Waals surface area contributed by atoms with Gasteiger partial charge in [-0.3, -0.25) is 4.98 Å². The van der Waals surface area contributed by atoms with Gasteiger partial charge in [0.2, 0.25) is 0 Å². The molecule has 9 aromatic carbocycles. The standard InChI is InChI=1S/C48H28N2/c1-2-13-37-36(12-1)41(39-15-6-10-33-11-7-27-49-47(33)39)28-42-46(37)40-14-3-4-16-43(40)50-48(42)34-21-17-29(18-22-34)35-25-23-32-20-19-30-8-5-9-31-24-26-38(35)45(32)44(30)31/h1-28H. The molecule has 0 aliphatic heterocycles. The first-order chi connectivity index (χ1) is 24.8. The van der Waals surface area contributed by atoms with Crippen LogP contribution in [0.1, 0.15) is 0 Å². The fourth-order valence-electron chi connectivity index (χ4n) is 8.37. The van der Waals surface area contributed by atoms with Crippen LogP contribution in [0.3, 0.4) is 0 Å². The first-order valence-corrected chi connectivity index (χ1v) is 17.2. The SMILES string of the molecule is c1cnc2c(-c3cc4c(-c5ccc(-c6ccc7ccc8cccc9ccc6c7c89)cc5)nc5ccccc5c4c4ccccc34)cccc2c1. The van der Waals surface area contributed by atoms with Crippen LogP contribution in [-0.4, -0.2) is 9.97 Å². The number of aromatic nitrogens is 2. The highest BCUT2D eigenvalue weighted by Crippen LogP contribution is 2.44. The van der Waals surface area contributed by atoms with Gasteiger partial charge in [0, 0.05) is 38.9 Å². The minimum atomic E-state index is 0.987. The van der Waals surface area contributed by atoms with Gasteiger partial charge < -0.3 is 0 Å². The maximum atomic E-state index is 5.37. The van der Waals surface area contributed by atoms with E-state index in [0.717, 1.165) is 44.0 Å². The van der Waals surface area contributed by atoms with Crippen molar-refractivity contribution < 1.29 is 0 Å². The Morgan fingerprint density at radius 3 is 1.86 bits per heavy atom. The lowest BCUT2D eigenvalue weighted by molar-refractivity contribution is 1.41. The molecule has 0 atom stereocenters. The zero-order chi connectivity index (χ0) is 32.8. The van der Waals surface area contributed by atoms with Gasteiger partial charge in [0.05, 0.1) is 16.7 Å². The highest BCUT2D eigenvalue weighted by molar-refractivity contribution is 6.27. The van der Waals surface area contributed by atoms with Gasteiger partial charge in [-0.2, -0.15) is 0 Å². The maximum absolute atomic E-state index is 5.37. The van der Waals surface area contributed by atoms with Crippen LogP contribution in [0, 0.1) is 0 Å². The Morgan fingerprint density at radius 1 is 0.340 bits per heavy atom. The summed E-state index contributed by atoms with van der Waals surface area (Å²) in [4.78, 5) is 10.2. The maximum Gasteiger partial charge on any atom is 0.0788 e. The molecule has 2 heteroatoms. The number of nitrogens with zero attached hydrogens (tertiary/aromatic N) is 2. The smallest absolute Gasteiger partial charge is 0.0788 e. The molecular formula is C48H28N2. The lowest BCUT2D eigenvalue weighted by atomic mass is 9.88. The van der Waals surface area contributed by atoms with Crippen LogP contribution >= 0.6 is 0 Å². The summed E-state index contributed by atoms with van der Waals surface area (Å²) in [6.45, 7) is 0. The molecule has 0 saturated heterocycles. The summed E-state index contributed by atoms with van der Waals surface area (Å²) in [6, 6.07) is 59.5. The molecule has 2 nitrogen and oxygen atoms in total. The van der Waals surface area contributed by atoms with Crippen LogP contribution in [0.15, 0.2) is 170 Å². The zero-order valence-electron chi connectivity index (χ0n) is 27.1. The molecule has 0 aliphatic carbocycles. The Morgan fingerprint density at radius 2 is 1.00 bits per heavy atom. The number of hydrogen-bond acceptors (Lipinski definition) is 2. The molecule has 230 valence electrons. The van der Waals surface area contributed by atoms with Gasteiger partial charge in [0.25, 0.3) is 0 Å². The van der Waals surface area contributed by atoms with E-state index in [0.29, 0.717) is 0 Å². The average Bonchev–Trinajstić information content (AvgIpc) is 3.19. The third kappa shape index (κ3) is 3.90. The van der Waals surface area contributed by atoms with E-state index in [2.05, 4.69) is 158 Å². The van der Waals surface area contributed by atoms with E-state index in [9.17, 15) is 0 Å². The summed E-state index contributed by atoms with van der Waals surface area (Å²) < 4.78 is 0. The molecule has 0 N–H and O–H groups in total. The van der Waals surface area contributed by atoms with Crippen LogP contribution in [0.25, 0.3) is 109 Å². The third-order valence-electron chi connectivity index (χ3n) is 10.6. The molecule has 0 unspecified atom stereocenters. The number of benzene rings is 9. The molecule has 0 amide bonds. The molecule has 2 heterocycles. The van der Waals surface area contributed by atoms with Crippen LogP contribution in [0.2, 0.25) is 0 Å². The van der Waals surface area contributed by atoms with Crippen molar-refractivity contribution in [1.82, 2.24) is 9.97 Å². The lowest BCUT2D eigenvalue weighted by Gasteiger charge is -2.17. The van der Waals surface area contributed by atoms with Gasteiger partial charge in [-0.25, -0.2) is 4.98 Å². The Hall–Kier alpha value is -6.64. The largest absolute Gasteiger partial charge is 0.256 e. The molecule has 0 fully saturated rings. The summed E-state index contributed by atoms with van der Waals surface area (Å²) in [5.41, 5.74) is 8.83. The first-order valence-electron chi connectivity index (χ1n) is 17.2. The molecule has 0 radical (unpaired) electrons. The first kappa shape index (κ1) is 27.3. The van der Waals surface area contributed by atoms with Crippen molar-refractivity contribution in [1.29, 1.82) is 0 Å². The van der Waals surface area contributed by atoms with Crippen molar-refractivity contribution in [3.8, 4) is 33.5 Å². The number of rotatable bonds is 3. The van der Waals surface area contributed by atoms with E-state index in [4.69, 9.17) is 9.97 Å². The van der Waals surface area contributed by atoms with E-state index >= 15 is 0 Å². The van der Waals surface area contributed by atoms with E-state index in [-0.39, 0.29) is 0 Å². The summed E-state index contributed by atoms with van der Waals surface area (Å²) in [5.74, 6) is 0. The minimum Gasteiger partial charge on any atom is -0.256 e.